The molecule has 0 fully saturated rings. The molecule has 0 aromatic heterocycles. The summed E-state index contributed by atoms with van der Waals surface area (Å²) < 4.78 is 0. The molecule has 5 nitrogen and oxygen atoms in total. The first kappa shape index (κ1) is 58.7. The van der Waals surface area contributed by atoms with E-state index in [1.54, 1.807) is 0 Å². The first-order valence-corrected chi connectivity index (χ1v) is 26.8. The fourth-order valence-electron chi connectivity index (χ4n) is 8.56. The van der Waals surface area contributed by atoms with Crippen molar-refractivity contribution in [3.63, 3.8) is 0 Å². The predicted molar refractivity (Wildman–Crippen MR) is 261 cm³/mol. The number of hydrogen-bond donors (Lipinski definition) is 3. The Bertz CT molecular complexity index is 912. The zero-order valence-electron chi connectivity index (χ0n) is 40.5. The summed E-state index contributed by atoms with van der Waals surface area (Å²) >= 11 is 0. The van der Waals surface area contributed by atoms with Gasteiger partial charge in [0.15, 0.2) is 11.6 Å². The van der Waals surface area contributed by atoms with Crippen molar-refractivity contribution < 1.29 is 24.9 Å². The smallest absolute Gasteiger partial charge is 0.209 e. The highest BCUT2D eigenvalue weighted by Gasteiger charge is 2.51. The topological polar surface area (TPSA) is 94.8 Å². The van der Waals surface area contributed by atoms with E-state index in [2.05, 4.69) is 45.1 Å². The SMILES string of the molecule is CCCCCCCC/C=C\CCCCCCCCCCCC(=O)C(O)(C(=O)CCCCCCCCCCC/C=C\CCCCCCCC)C(O)C(O)CCCCCCCC. The summed E-state index contributed by atoms with van der Waals surface area (Å²) in [5, 5.41) is 33.7. The zero-order chi connectivity index (χ0) is 44.0. The molecule has 0 aliphatic rings. The minimum Gasteiger partial charge on any atom is -0.390 e. The van der Waals surface area contributed by atoms with Gasteiger partial charge >= 0.3 is 0 Å². The van der Waals surface area contributed by atoms with E-state index in [-0.39, 0.29) is 19.3 Å². The van der Waals surface area contributed by atoms with E-state index in [0.717, 1.165) is 64.2 Å². The molecule has 2 unspecified atom stereocenters. The maximum atomic E-state index is 13.5. The molecule has 60 heavy (non-hydrogen) atoms. The van der Waals surface area contributed by atoms with Crippen molar-refractivity contribution >= 4 is 11.6 Å². The molecule has 0 radical (unpaired) electrons. The average molecular weight is 845 g/mol. The van der Waals surface area contributed by atoms with Crippen LogP contribution in [-0.2, 0) is 9.59 Å². The van der Waals surface area contributed by atoms with Gasteiger partial charge in [-0.15, -0.1) is 0 Å². The summed E-state index contributed by atoms with van der Waals surface area (Å²) in [6, 6.07) is 0. The van der Waals surface area contributed by atoms with Crippen LogP contribution in [0.2, 0.25) is 0 Å². The van der Waals surface area contributed by atoms with Gasteiger partial charge < -0.3 is 15.3 Å². The van der Waals surface area contributed by atoms with Crippen LogP contribution in [0.1, 0.15) is 297 Å². The van der Waals surface area contributed by atoms with Crippen LogP contribution in [-0.4, -0.2) is 44.7 Å². The molecule has 0 saturated carbocycles. The number of carbonyl (C=O) groups excluding carboxylic acids is 2. The molecule has 0 spiro atoms. The molecule has 0 aliphatic heterocycles. The number of carbonyl (C=O) groups is 2. The molecule has 0 saturated heterocycles. The second-order valence-corrected chi connectivity index (χ2v) is 18.7. The Balaban J connectivity index is 4.42. The first-order chi connectivity index (χ1) is 29.4. The normalized spacial score (nSPS) is 13.2. The van der Waals surface area contributed by atoms with Gasteiger partial charge in [-0.1, -0.05) is 238 Å². The van der Waals surface area contributed by atoms with E-state index in [0.29, 0.717) is 19.3 Å². The summed E-state index contributed by atoms with van der Waals surface area (Å²) in [6.45, 7) is 6.71. The lowest BCUT2D eigenvalue weighted by atomic mass is 9.79. The van der Waals surface area contributed by atoms with Crippen molar-refractivity contribution in [3.8, 4) is 0 Å². The molecular formula is C55H104O5. The molecule has 0 aromatic rings. The summed E-state index contributed by atoms with van der Waals surface area (Å²) in [4.78, 5) is 27.1. The van der Waals surface area contributed by atoms with Gasteiger partial charge in [-0.2, -0.15) is 0 Å². The van der Waals surface area contributed by atoms with Crippen molar-refractivity contribution in [3.05, 3.63) is 24.3 Å². The molecular weight excluding hydrogens is 741 g/mol. The minimum atomic E-state index is -2.52. The molecule has 5 heteroatoms. The minimum absolute atomic E-state index is 0.0604. The Kier molecular flexibility index (Phi) is 44.7. The molecule has 0 aromatic carbocycles. The van der Waals surface area contributed by atoms with Crippen LogP contribution in [0.15, 0.2) is 24.3 Å². The number of Topliss-reactive ketones (excluding diaryl/α,β-unsaturated/α-hetero) is 2. The molecule has 354 valence electrons. The zero-order valence-corrected chi connectivity index (χ0v) is 40.5. The number of ketones is 2. The molecule has 0 amide bonds. The Morgan fingerprint density at radius 2 is 0.600 bits per heavy atom. The van der Waals surface area contributed by atoms with Crippen LogP contribution in [0.5, 0.6) is 0 Å². The predicted octanol–water partition coefficient (Wildman–Crippen LogP) is 16.5. The highest BCUT2D eigenvalue weighted by molar-refractivity contribution is 6.10. The summed E-state index contributed by atoms with van der Waals surface area (Å²) in [5.41, 5.74) is -2.52. The maximum absolute atomic E-state index is 13.5. The van der Waals surface area contributed by atoms with Crippen LogP contribution < -0.4 is 0 Å². The number of rotatable bonds is 49. The van der Waals surface area contributed by atoms with Gasteiger partial charge in [0.1, 0.15) is 6.10 Å². The monoisotopic (exact) mass is 845 g/mol. The highest BCUT2D eigenvalue weighted by Crippen LogP contribution is 2.26. The quantitative estimate of drug-likeness (QED) is 0.0322. The van der Waals surface area contributed by atoms with E-state index >= 15 is 0 Å². The van der Waals surface area contributed by atoms with Gasteiger partial charge in [-0.25, -0.2) is 0 Å². The Labute approximate surface area is 374 Å². The van der Waals surface area contributed by atoms with Crippen LogP contribution in [0.25, 0.3) is 0 Å². The lowest BCUT2D eigenvalue weighted by Gasteiger charge is -2.33. The lowest BCUT2D eigenvalue weighted by Crippen LogP contribution is -2.60. The average Bonchev–Trinajstić information content (AvgIpc) is 3.25. The van der Waals surface area contributed by atoms with Crippen LogP contribution in [0, 0.1) is 0 Å². The molecule has 3 N–H and O–H groups in total. The number of unbranched alkanes of at least 4 members (excludes halogenated alkanes) is 35. The van der Waals surface area contributed by atoms with Crippen LogP contribution >= 0.6 is 0 Å². The molecule has 0 aliphatic carbocycles. The number of hydrogen-bond acceptors (Lipinski definition) is 5. The lowest BCUT2D eigenvalue weighted by molar-refractivity contribution is -0.173. The van der Waals surface area contributed by atoms with Crippen molar-refractivity contribution in [2.75, 3.05) is 0 Å². The number of aliphatic hydroxyl groups excluding tert-OH is 2. The fraction of sp³-hybridized carbons (Fsp3) is 0.891. The van der Waals surface area contributed by atoms with Gasteiger partial charge in [-0.05, 0) is 70.6 Å². The standard InChI is InChI=1S/C55H104O5/c1-4-7-10-13-16-18-20-22-24-26-28-30-32-34-36-38-40-43-46-49-52(57)55(60,54(59)51(56)48-45-42-15-12-9-6-3)53(58)50-47-44-41-39-37-35-33-31-29-27-25-23-21-19-17-14-11-8-5-2/h22-25,51,54,56,59-60H,4-21,26-50H2,1-3H3/b24-22-,25-23-. The second kappa shape index (κ2) is 45.7. The molecule has 0 bridgehead atoms. The largest absolute Gasteiger partial charge is 0.390 e. The molecule has 2 atom stereocenters. The van der Waals surface area contributed by atoms with E-state index in [1.807, 2.05) is 0 Å². The number of allylic oxidation sites excluding steroid dienone is 4. The van der Waals surface area contributed by atoms with E-state index < -0.39 is 29.4 Å². The highest BCUT2D eigenvalue weighted by atomic mass is 16.4. The summed E-state index contributed by atoms with van der Waals surface area (Å²) in [7, 11) is 0. The van der Waals surface area contributed by atoms with E-state index in [1.165, 1.54) is 173 Å². The van der Waals surface area contributed by atoms with Crippen molar-refractivity contribution in [2.24, 2.45) is 0 Å². The summed E-state index contributed by atoms with van der Waals surface area (Å²) in [5.74, 6) is -1.23. The van der Waals surface area contributed by atoms with Gasteiger partial charge in [0, 0.05) is 12.8 Å². The third-order valence-corrected chi connectivity index (χ3v) is 12.8. The Hall–Kier alpha value is -1.30. The van der Waals surface area contributed by atoms with Gasteiger partial charge in [-0.3, -0.25) is 9.59 Å². The fourth-order valence-corrected chi connectivity index (χ4v) is 8.56. The molecule has 0 heterocycles. The Morgan fingerprint density at radius 3 is 0.883 bits per heavy atom. The number of aliphatic hydroxyl groups is 3. The van der Waals surface area contributed by atoms with Crippen LogP contribution in [0.3, 0.4) is 0 Å². The first-order valence-electron chi connectivity index (χ1n) is 26.8. The Morgan fingerprint density at radius 1 is 0.367 bits per heavy atom. The third-order valence-electron chi connectivity index (χ3n) is 12.8. The van der Waals surface area contributed by atoms with Crippen molar-refractivity contribution in [1.82, 2.24) is 0 Å². The maximum Gasteiger partial charge on any atom is 0.209 e. The van der Waals surface area contributed by atoms with Crippen LogP contribution in [0.4, 0.5) is 0 Å². The van der Waals surface area contributed by atoms with Crippen molar-refractivity contribution in [2.45, 2.75) is 315 Å². The van der Waals surface area contributed by atoms with E-state index in [9.17, 15) is 24.9 Å². The molecule has 0 rings (SSSR count). The second-order valence-electron chi connectivity index (χ2n) is 18.7. The van der Waals surface area contributed by atoms with Gasteiger partial charge in [0.25, 0.3) is 0 Å². The van der Waals surface area contributed by atoms with Gasteiger partial charge in [0.05, 0.1) is 6.10 Å². The van der Waals surface area contributed by atoms with Gasteiger partial charge in [0.2, 0.25) is 5.60 Å². The van der Waals surface area contributed by atoms with Crippen molar-refractivity contribution in [1.29, 1.82) is 0 Å². The van der Waals surface area contributed by atoms with E-state index in [4.69, 9.17) is 0 Å². The summed E-state index contributed by atoms with van der Waals surface area (Å²) in [6.07, 6.45) is 54.0. The third kappa shape index (κ3) is 35.2.